The molecule has 2 aromatic rings. The molecule has 1 aromatic heterocycles. The highest BCUT2D eigenvalue weighted by Gasteiger charge is 2.18. The lowest BCUT2D eigenvalue weighted by Crippen LogP contribution is -2.15. The van der Waals surface area contributed by atoms with Crippen LogP contribution >= 0.6 is 11.6 Å². The van der Waals surface area contributed by atoms with Gasteiger partial charge in [0.15, 0.2) is 5.82 Å². The summed E-state index contributed by atoms with van der Waals surface area (Å²) in [7, 11) is -2.16. The fraction of sp³-hybridized carbons (Fsp3) is 0.286. The second kappa shape index (κ2) is 8.09. The van der Waals surface area contributed by atoms with Crippen molar-refractivity contribution in [2.45, 2.75) is 11.3 Å². The van der Waals surface area contributed by atoms with Crippen molar-refractivity contribution < 1.29 is 13.2 Å². The van der Waals surface area contributed by atoms with Crippen LogP contribution in [0.3, 0.4) is 0 Å². The van der Waals surface area contributed by atoms with Crippen LogP contribution in [0.4, 0.5) is 11.6 Å². The van der Waals surface area contributed by atoms with Crippen molar-refractivity contribution in [1.82, 2.24) is 10.2 Å². The molecule has 0 spiro atoms. The van der Waals surface area contributed by atoms with Gasteiger partial charge in [0.05, 0.1) is 5.02 Å². The van der Waals surface area contributed by atoms with Crippen LogP contribution in [0.25, 0.3) is 0 Å². The average Bonchev–Trinajstić information content (AvgIpc) is 2.53. The van der Waals surface area contributed by atoms with E-state index in [-0.39, 0.29) is 15.7 Å². The van der Waals surface area contributed by atoms with Crippen molar-refractivity contribution in [3.63, 3.8) is 0 Å². The van der Waals surface area contributed by atoms with Crippen LogP contribution in [0.2, 0.25) is 5.02 Å². The molecule has 2 rings (SSSR count). The van der Waals surface area contributed by atoms with E-state index in [0.29, 0.717) is 19.0 Å². The number of anilines is 2. The van der Waals surface area contributed by atoms with Gasteiger partial charge in [-0.05, 0) is 30.7 Å². The lowest BCUT2D eigenvalue weighted by molar-refractivity contribution is 0.197. The lowest BCUT2D eigenvalue weighted by atomic mass is 10.4. The van der Waals surface area contributed by atoms with Crippen LogP contribution in [0.15, 0.2) is 41.3 Å². The Labute approximate surface area is 140 Å². The number of nitrogens with zero attached hydrogens (tertiary/aromatic N) is 2. The number of nitrogens with one attached hydrogen (secondary N) is 2. The van der Waals surface area contributed by atoms with Gasteiger partial charge < -0.3 is 10.1 Å². The Morgan fingerprint density at radius 1 is 1.13 bits per heavy atom. The summed E-state index contributed by atoms with van der Waals surface area (Å²) in [6, 6.07) is 9.35. The maximum Gasteiger partial charge on any atom is 0.264 e. The molecule has 0 fully saturated rings. The van der Waals surface area contributed by atoms with E-state index in [4.69, 9.17) is 16.3 Å². The van der Waals surface area contributed by atoms with Crippen molar-refractivity contribution in [3.05, 3.63) is 41.4 Å². The predicted molar refractivity (Wildman–Crippen MR) is 89.3 cm³/mol. The number of benzene rings is 1. The number of hydrogen-bond acceptors (Lipinski definition) is 6. The minimum absolute atomic E-state index is 0.00904. The van der Waals surface area contributed by atoms with Gasteiger partial charge in [-0.3, -0.25) is 4.72 Å². The van der Waals surface area contributed by atoms with Gasteiger partial charge in [-0.1, -0.05) is 23.7 Å². The fourth-order valence-corrected chi connectivity index (χ4v) is 3.29. The van der Waals surface area contributed by atoms with Crippen LogP contribution in [0.1, 0.15) is 6.42 Å². The summed E-state index contributed by atoms with van der Waals surface area (Å²) in [5.41, 5.74) is 0. The molecule has 0 saturated heterocycles. The van der Waals surface area contributed by atoms with E-state index in [1.54, 1.807) is 25.3 Å². The molecule has 9 heteroatoms. The van der Waals surface area contributed by atoms with Crippen LogP contribution in [0.5, 0.6) is 0 Å². The Hall–Kier alpha value is -1.90. The summed E-state index contributed by atoms with van der Waals surface area (Å²) in [4.78, 5) is -0.00904. The molecule has 0 bridgehead atoms. The Morgan fingerprint density at radius 2 is 1.83 bits per heavy atom. The van der Waals surface area contributed by atoms with Crippen molar-refractivity contribution in [2.75, 3.05) is 30.3 Å². The maximum atomic E-state index is 12.3. The standard InChI is InChI=1S/C14H17ClN4O3S/c1-22-10-4-9-16-13-7-8-14(18-17-13)19-23(20,21)12-6-3-2-5-11(12)15/h2-3,5-8H,4,9-10H2,1H3,(H,16,17)(H,18,19). The summed E-state index contributed by atoms with van der Waals surface area (Å²) >= 11 is 5.91. The van der Waals surface area contributed by atoms with Crippen LogP contribution in [-0.2, 0) is 14.8 Å². The predicted octanol–water partition coefficient (Wildman–Crippen LogP) is 2.38. The normalized spacial score (nSPS) is 11.2. The maximum absolute atomic E-state index is 12.3. The van der Waals surface area contributed by atoms with E-state index < -0.39 is 10.0 Å². The van der Waals surface area contributed by atoms with Crippen molar-refractivity contribution >= 4 is 33.3 Å². The highest BCUT2D eigenvalue weighted by Crippen LogP contribution is 2.22. The van der Waals surface area contributed by atoms with E-state index in [1.165, 1.54) is 18.2 Å². The number of rotatable bonds is 8. The molecule has 0 aliphatic heterocycles. The van der Waals surface area contributed by atoms with Gasteiger partial charge in [0, 0.05) is 20.3 Å². The number of halogens is 1. The van der Waals surface area contributed by atoms with Crippen LogP contribution < -0.4 is 10.0 Å². The molecule has 1 aromatic carbocycles. The van der Waals surface area contributed by atoms with Gasteiger partial charge in [-0.25, -0.2) is 8.42 Å². The van der Waals surface area contributed by atoms with Crippen molar-refractivity contribution in [2.24, 2.45) is 0 Å². The van der Waals surface area contributed by atoms with Crippen LogP contribution in [-0.4, -0.2) is 38.9 Å². The SMILES string of the molecule is COCCCNc1ccc(NS(=O)(=O)c2ccccc2Cl)nn1. The van der Waals surface area contributed by atoms with E-state index in [0.717, 1.165) is 6.42 Å². The zero-order chi connectivity index (χ0) is 16.7. The Morgan fingerprint density at radius 3 is 2.48 bits per heavy atom. The minimum Gasteiger partial charge on any atom is -0.385 e. The first-order valence-corrected chi connectivity index (χ1v) is 8.73. The topological polar surface area (TPSA) is 93.2 Å². The third-order valence-corrected chi connectivity index (χ3v) is 4.72. The first-order valence-electron chi connectivity index (χ1n) is 6.87. The number of aromatic nitrogens is 2. The van der Waals surface area contributed by atoms with Gasteiger partial charge in [0.1, 0.15) is 10.7 Å². The first-order chi connectivity index (χ1) is 11.0. The molecule has 0 amide bonds. The molecule has 2 N–H and O–H groups in total. The molecule has 0 radical (unpaired) electrons. The molecule has 0 atom stereocenters. The molecule has 0 saturated carbocycles. The monoisotopic (exact) mass is 356 g/mol. The largest absolute Gasteiger partial charge is 0.385 e. The zero-order valence-corrected chi connectivity index (χ0v) is 14.1. The van der Waals surface area contributed by atoms with Gasteiger partial charge in [-0.15, -0.1) is 10.2 Å². The van der Waals surface area contributed by atoms with E-state index in [9.17, 15) is 8.42 Å². The van der Waals surface area contributed by atoms with Crippen molar-refractivity contribution in [1.29, 1.82) is 0 Å². The summed E-state index contributed by atoms with van der Waals surface area (Å²) in [6.07, 6.45) is 0.832. The van der Waals surface area contributed by atoms with E-state index in [1.807, 2.05) is 0 Å². The minimum atomic E-state index is -3.80. The number of methoxy groups -OCH3 is 1. The summed E-state index contributed by atoms with van der Waals surface area (Å²) < 4.78 is 31.8. The van der Waals surface area contributed by atoms with E-state index >= 15 is 0 Å². The quantitative estimate of drug-likeness (QED) is 0.705. The Balaban J connectivity index is 2.02. The smallest absolute Gasteiger partial charge is 0.264 e. The number of sulfonamides is 1. The number of hydrogen-bond donors (Lipinski definition) is 2. The van der Waals surface area contributed by atoms with Gasteiger partial charge in [-0.2, -0.15) is 0 Å². The van der Waals surface area contributed by atoms with Gasteiger partial charge in [0.2, 0.25) is 0 Å². The summed E-state index contributed by atoms with van der Waals surface area (Å²) in [6.45, 7) is 1.34. The zero-order valence-electron chi connectivity index (χ0n) is 12.5. The van der Waals surface area contributed by atoms with E-state index in [2.05, 4.69) is 20.2 Å². The number of ether oxygens (including phenoxy) is 1. The highest BCUT2D eigenvalue weighted by atomic mass is 35.5. The molecule has 1 heterocycles. The third-order valence-electron chi connectivity index (χ3n) is 2.86. The average molecular weight is 357 g/mol. The molecule has 124 valence electrons. The molecule has 0 aliphatic rings. The fourth-order valence-electron chi connectivity index (χ4n) is 1.77. The molecule has 23 heavy (non-hydrogen) atoms. The molecule has 0 aliphatic carbocycles. The molecule has 7 nitrogen and oxygen atoms in total. The Bertz CT molecular complexity index is 738. The Kier molecular flexibility index (Phi) is 6.14. The van der Waals surface area contributed by atoms with Gasteiger partial charge in [0.25, 0.3) is 10.0 Å². The molecule has 0 unspecified atom stereocenters. The third kappa shape index (κ3) is 5.05. The van der Waals surface area contributed by atoms with Gasteiger partial charge >= 0.3 is 0 Å². The second-order valence-electron chi connectivity index (χ2n) is 4.61. The van der Waals surface area contributed by atoms with Crippen molar-refractivity contribution in [3.8, 4) is 0 Å². The lowest BCUT2D eigenvalue weighted by Gasteiger charge is -2.09. The summed E-state index contributed by atoms with van der Waals surface area (Å²) in [5, 5.41) is 11.0. The first kappa shape index (κ1) is 17.5. The highest BCUT2D eigenvalue weighted by molar-refractivity contribution is 7.92. The second-order valence-corrected chi connectivity index (χ2v) is 6.67. The summed E-state index contributed by atoms with van der Waals surface area (Å²) in [5.74, 6) is 0.675. The van der Waals surface area contributed by atoms with Crippen LogP contribution in [0, 0.1) is 0 Å². The molecular formula is C14H17ClN4O3S. The molecular weight excluding hydrogens is 340 g/mol.